The largest absolute Gasteiger partial charge is 0.416 e. The zero-order chi connectivity index (χ0) is 29.1. The molecule has 3 saturated heterocycles. The highest BCUT2D eigenvalue weighted by Gasteiger charge is 2.44. The predicted octanol–water partition coefficient (Wildman–Crippen LogP) is 4.06. The minimum absolute atomic E-state index is 0.131. The van der Waals surface area contributed by atoms with Crippen molar-refractivity contribution in [3.05, 3.63) is 41.7 Å². The Morgan fingerprint density at radius 3 is 2.32 bits per heavy atom. The van der Waals surface area contributed by atoms with E-state index in [4.69, 9.17) is 4.74 Å². The molecule has 0 N–H and O–H groups in total. The monoisotopic (exact) mass is 574 g/mol. The SMILES string of the molecule is CC(=O)N(C)c1cnn(C(=O)N2CC3CC(N(C)Cc4cc(N5[C@@H]6CC[C@H]5COC6)cc(C(F)(F)F)c4)CC3C2)c1. The number of ether oxygens (including phenoxy) is 1. The molecule has 12 heteroatoms. The summed E-state index contributed by atoms with van der Waals surface area (Å²) >= 11 is 0. The van der Waals surface area contributed by atoms with Crippen molar-refractivity contribution >= 4 is 23.3 Å². The van der Waals surface area contributed by atoms with Gasteiger partial charge in [-0.1, -0.05) is 0 Å². The van der Waals surface area contributed by atoms with E-state index in [2.05, 4.69) is 14.9 Å². The number of amides is 2. The van der Waals surface area contributed by atoms with Gasteiger partial charge in [-0.2, -0.15) is 23.0 Å². The van der Waals surface area contributed by atoms with Crippen LogP contribution in [0.25, 0.3) is 0 Å². The van der Waals surface area contributed by atoms with Crippen LogP contribution in [0.4, 0.5) is 29.3 Å². The standard InChI is InChI=1S/C29H37F3N6O3/c1-18(39)35(3)27-11-33-37(15-27)28(40)36-13-20-8-25(9-21(20)14-36)34(2)12-19-6-22(29(30,31)32)10-26(7-19)38-23-4-5-24(38)17-41-16-23/h6-7,10-11,15,20-21,23-25H,4-5,8-9,12-14,16-17H2,1-3H3/t20?,21?,23-,24+,25?. The number of aromatic nitrogens is 2. The molecule has 1 saturated carbocycles. The summed E-state index contributed by atoms with van der Waals surface area (Å²) < 4.78 is 48.7. The molecule has 2 unspecified atom stereocenters. The van der Waals surface area contributed by atoms with E-state index in [1.54, 1.807) is 13.2 Å². The number of morpholine rings is 1. The number of carbonyl (C=O) groups excluding carboxylic acids is 2. The Morgan fingerprint density at radius 1 is 1.05 bits per heavy atom. The molecule has 4 heterocycles. The Kier molecular flexibility index (Phi) is 7.25. The van der Waals surface area contributed by atoms with Gasteiger partial charge in [-0.15, -0.1) is 0 Å². The second-order valence-electron chi connectivity index (χ2n) is 12.2. The lowest BCUT2D eigenvalue weighted by molar-refractivity contribution is -0.137. The van der Waals surface area contributed by atoms with Gasteiger partial charge in [0.1, 0.15) is 0 Å². The Labute approximate surface area is 237 Å². The average Bonchev–Trinajstić information content (AvgIpc) is 3.69. The number of fused-ring (bicyclic) bond motifs is 3. The number of nitrogens with zero attached hydrogens (tertiary/aromatic N) is 6. The second-order valence-corrected chi connectivity index (χ2v) is 12.2. The molecule has 2 amide bonds. The zero-order valence-corrected chi connectivity index (χ0v) is 23.7. The Hall–Kier alpha value is -3.12. The zero-order valence-electron chi connectivity index (χ0n) is 23.7. The fourth-order valence-electron chi connectivity index (χ4n) is 7.25. The van der Waals surface area contributed by atoms with Crippen LogP contribution in [0.2, 0.25) is 0 Å². The van der Waals surface area contributed by atoms with Crippen LogP contribution in [0.15, 0.2) is 30.6 Å². The first kappa shape index (κ1) is 28.0. The third kappa shape index (κ3) is 5.43. The van der Waals surface area contributed by atoms with Crippen LogP contribution in [-0.4, -0.2) is 90.0 Å². The Morgan fingerprint density at radius 2 is 1.71 bits per heavy atom. The number of alkyl halides is 3. The van der Waals surface area contributed by atoms with Crippen LogP contribution in [0.3, 0.4) is 0 Å². The van der Waals surface area contributed by atoms with Crippen molar-refractivity contribution < 1.29 is 27.5 Å². The molecule has 4 aliphatic rings. The fraction of sp³-hybridized carbons (Fsp3) is 0.621. The highest BCUT2D eigenvalue weighted by molar-refractivity contribution is 5.91. The summed E-state index contributed by atoms with van der Waals surface area (Å²) in [7, 11) is 3.63. The van der Waals surface area contributed by atoms with Gasteiger partial charge in [0.15, 0.2) is 0 Å². The third-order valence-electron chi connectivity index (χ3n) is 9.52. The lowest BCUT2D eigenvalue weighted by Crippen LogP contribution is -2.46. The van der Waals surface area contributed by atoms with Crippen LogP contribution in [0.1, 0.15) is 43.7 Å². The molecule has 4 atom stereocenters. The predicted molar refractivity (Wildman–Crippen MR) is 147 cm³/mol. The quantitative estimate of drug-likeness (QED) is 0.537. The van der Waals surface area contributed by atoms with Crippen molar-refractivity contribution in [3.63, 3.8) is 0 Å². The lowest BCUT2D eigenvalue weighted by Gasteiger charge is -2.37. The van der Waals surface area contributed by atoms with Crippen molar-refractivity contribution in [1.29, 1.82) is 0 Å². The van der Waals surface area contributed by atoms with Gasteiger partial charge in [0.25, 0.3) is 0 Å². The van der Waals surface area contributed by atoms with E-state index in [9.17, 15) is 22.8 Å². The van der Waals surface area contributed by atoms with Gasteiger partial charge in [-0.25, -0.2) is 4.79 Å². The summed E-state index contributed by atoms with van der Waals surface area (Å²) in [5, 5.41) is 4.16. The second kappa shape index (κ2) is 10.6. The molecule has 1 aliphatic carbocycles. The number of anilines is 2. The van der Waals surface area contributed by atoms with Gasteiger partial charge in [-0.3, -0.25) is 9.69 Å². The lowest BCUT2D eigenvalue weighted by atomic mass is 10.0. The number of likely N-dealkylation sites (tertiary alicyclic amines) is 1. The molecule has 9 nitrogen and oxygen atoms in total. The van der Waals surface area contributed by atoms with Gasteiger partial charge in [0.2, 0.25) is 5.91 Å². The number of benzene rings is 1. The van der Waals surface area contributed by atoms with Crippen molar-refractivity contribution in [3.8, 4) is 0 Å². The topological polar surface area (TPSA) is 74.2 Å². The van der Waals surface area contributed by atoms with Crippen LogP contribution in [0.5, 0.6) is 0 Å². The van der Waals surface area contributed by atoms with E-state index in [1.165, 1.54) is 34.8 Å². The molecule has 1 aromatic heterocycles. The first-order valence-electron chi connectivity index (χ1n) is 14.3. The van der Waals surface area contributed by atoms with Gasteiger partial charge < -0.3 is 19.4 Å². The Balaban J connectivity index is 1.10. The molecule has 2 aromatic rings. The van der Waals surface area contributed by atoms with Crippen molar-refractivity contribution in [1.82, 2.24) is 19.6 Å². The molecule has 1 aromatic carbocycles. The van der Waals surface area contributed by atoms with Crippen LogP contribution in [0, 0.1) is 11.8 Å². The van der Waals surface area contributed by atoms with Crippen LogP contribution < -0.4 is 9.80 Å². The first-order valence-corrected chi connectivity index (χ1v) is 14.3. The van der Waals surface area contributed by atoms with E-state index in [-0.39, 0.29) is 30.1 Å². The smallest absolute Gasteiger partial charge is 0.377 e. The van der Waals surface area contributed by atoms with E-state index < -0.39 is 11.7 Å². The van der Waals surface area contributed by atoms with Crippen molar-refractivity contribution in [2.75, 3.05) is 50.2 Å². The number of halogens is 3. The molecule has 0 spiro atoms. The number of carbonyl (C=O) groups is 2. The molecule has 3 aliphatic heterocycles. The highest BCUT2D eigenvalue weighted by atomic mass is 19.4. The van der Waals surface area contributed by atoms with Gasteiger partial charge in [-0.05, 0) is 68.3 Å². The molecule has 4 fully saturated rings. The molecule has 6 rings (SSSR count). The molecular formula is C29H37F3N6O3. The van der Waals surface area contributed by atoms with E-state index in [1.807, 2.05) is 18.0 Å². The normalized spacial score (nSPS) is 27.5. The summed E-state index contributed by atoms with van der Waals surface area (Å²) in [5.41, 5.74) is 1.28. The first-order chi connectivity index (χ1) is 19.5. The molecule has 41 heavy (non-hydrogen) atoms. The van der Waals surface area contributed by atoms with E-state index in [0.29, 0.717) is 61.6 Å². The summed E-state index contributed by atoms with van der Waals surface area (Å²) in [5.74, 6) is 0.530. The minimum Gasteiger partial charge on any atom is -0.377 e. The van der Waals surface area contributed by atoms with Gasteiger partial charge >= 0.3 is 12.2 Å². The van der Waals surface area contributed by atoms with Crippen molar-refractivity contribution in [2.24, 2.45) is 11.8 Å². The van der Waals surface area contributed by atoms with Crippen LogP contribution >= 0.6 is 0 Å². The minimum atomic E-state index is -4.41. The third-order valence-corrected chi connectivity index (χ3v) is 9.52. The highest BCUT2D eigenvalue weighted by Crippen LogP contribution is 2.42. The Bertz CT molecular complexity index is 1280. The molecule has 222 valence electrons. The number of hydrogen-bond acceptors (Lipinski definition) is 6. The number of rotatable bonds is 5. The van der Waals surface area contributed by atoms with Gasteiger partial charge in [0, 0.05) is 45.3 Å². The number of hydrogen-bond donors (Lipinski definition) is 0. The maximum absolute atomic E-state index is 13.9. The summed E-state index contributed by atoms with van der Waals surface area (Å²) in [6, 6.07) is 4.81. The van der Waals surface area contributed by atoms with Crippen molar-refractivity contribution in [2.45, 2.75) is 63.5 Å². The fourth-order valence-corrected chi connectivity index (χ4v) is 7.25. The maximum Gasteiger partial charge on any atom is 0.416 e. The van der Waals surface area contributed by atoms with Crippen LogP contribution in [-0.2, 0) is 22.3 Å². The molecule has 2 bridgehead atoms. The summed E-state index contributed by atoms with van der Waals surface area (Å²) in [6.07, 6.45) is 2.33. The average molecular weight is 575 g/mol. The summed E-state index contributed by atoms with van der Waals surface area (Å²) in [4.78, 5) is 32.3. The van der Waals surface area contributed by atoms with Gasteiger partial charge in [0.05, 0.1) is 48.9 Å². The maximum atomic E-state index is 13.9. The van der Waals surface area contributed by atoms with E-state index >= 15 is 0 Å². The summed E-state index contributed by atoms with van der Waals surface area (Å²) in [6.45, 7) is 4.25. The molecule has 0 radical (unpaired) electrons. The van der Waals surface area contributed by atoms with E-state index in [0.717, 1.165) is 25.7 Å². The molecular weight excluding hydrogens is 537 g/mol.